The third-order valence-electron chi connectivity index (χ3n) is 4.50. The van der Waals surface area contributed by atoms with E-state index in [2.05, 4.69) is 5.32 Å². The van der Waals surface area contributed by atoms with Crippen molar-refractivity contribution in [3.8, 4) is 17.2 Å². The molecule has 0 saturated carbocycles. The third-order valence-corrected chi connectivity index (χ3v) is 4.50. The topological polar surface area (TPSA) is 44.3 Å². The molecule has 2 aromatic rings. The molecule has 140 valence electrons. The monoisotopic (exact) mass is 368 g/mol. The molecule has 0 radical (unpaired) electrons. The summed E-state index contributed by atoms with van der Waals surface area (Å²) < 4.78 is 54.8. The highest BCUT2D eigenvalue weighted by molar-refractivity contribution is 5.48. The molecule has 0 spiro atoms. The highest BCUT2D eigenvalue weighted by Gasteiger charge is 2.31. The standard InChI is InChI=1S/C19H20F3NO3/c1-24-17-8-12-6-7-23-16(15(12)10-18(17)25-2)11-26-14-5-3-4-13(9-14)19(20,21)22/h3-5,8-10,16,23H,6-7,11H2,1-2H3/p+1/t16-/m1/s1. The molecule has 0 amide bonds. The zero-order valence-corrected chi connectivity index (χ0v) is 14.6. The van der Waals surface area contributed by atoms with Crippen LogP contribution in [0.3, 0.4) is 0 Å². The summed E-state index contributed by atoms with van der Waals surface area (Å²) >= 11 is 0. The fraction of sp³-hybridized carbons (Fsp3) is 0.368. The van der Waals surface area contributed by atoms with Crippen LogP contribution in [0.5, 0.6) is 17.2 Å². The largest absolute Gasteiger partial charge is 0.493 e. The quantitative estimate of drug-likeness (QED) is 0.883. The molecule has 0 unspecified atom stereocenters. The Morgan fingerprint density at radius 2 is 1.81 bits per heavy atom. The smallest absolute Gasteiger partial charge is 0.416 e. The first-order valence-corrected chi connectivity index (χ1v) is 8.30. The van der Waals surface area contributed by atoms with Crippen molar-refractivity contribution in [2.24, 2.45) is 0 Å². The van der Waals surface area contributed by atoms with E-state index in [0.29, 0.717) is 11.5 Å². The zero-order valence-electron chi connectivity index (χ0n) is 14.6. The number of fused-ring (bicyclic) bond motifs is 1. The molecule has 7 heteroatoms. The number of nitrogens with two attached hydrogens (primary N) is 1. The van der Waals surface area contributed by atoms with Crippen molar-refractivity contribution in [3.05, 3.63) is 53.1 Å². The maximum Gasteiger partial charge on any atom is 0.416 e. The SMILES string of the molecule is COc1cc2c(cc1OC)[C@@H](COc1cccc(C(F)(F)F)c1)[NH2+]CC2. The van der Waals surface area contributed by atoms with E-state index < -0.39 is 11.7 Å². The second kappa shape index (κ2) is 7.45. The summed E-state index contributed by atoms with van der Waals surface area (Å²) in [6.07, 6.45) is -3.50. The van der Waals surface area contributed by atoms with Crippen molar-refractivity contribution in [2.45, 2.75) is 18.6 Å². The van der Waals surface area contributed by atoms with E-state index in [-0.39, 0.29) is 18.4 Å². The van der Waals surface area contributed by atoms with Gasteiger partial charge in [-0.1, -0.05) is 6.07 Å². The minimum Gasteiger partial charge on any atom is -0.493 e. The fourth-order valence-corrected chi connectivity index (χ4v) is 3.17. The van der Waals surface area contributed by atoms with Gasteiger partial charge in [-0.25, -0.2) is 0 Å². The lowest BCUT2D eigenvalue weighted by Gasteiger charge is -2.25. The molecule has 1 aliphatic rings. The Kier molecular flexibility index (Phi) is 5.27. The number of rotatable bonds is 5. The van der Waals surface area contributed by atoms with E-state index in [1.54, 1.807) is 14.2 Å². The summed E-state index contributed by atoms with van der Waals surface area (Å²) in [7, 11) is 3.17. The van der Waals surface area contributed by atoms with Crippen LogP contribution in [0, 0.1) is 0 Å². The molecule has 26 heavy (non-hydrogen) atoms. The first-order valence-electron chi connectivity index (χ1n) is 8.30. The number of ether oxygens (including phenoxy) is 3. The van der Waals surface area contributed by atoms with Crippen LogP contribution in [0.2, 0.25) is 0 Å². The summed E-state index contributed by atoms with van der Waals surface area (Å²) in [6.45, 7) is 1.14. The molecule has 0 fully saturated rings. The molecular formula is C19H21F3NO3+. The zero-order chi connectivity index (χ0) is 18.7. The molecule has 4 nitrogen and oxygen atoms in total. The second-order valence-corrected chi connectivity index (χ2v) is 6.12. The van der Waals surface area contributed by atoms with E-state index >= 15 is 0 Å². The molecule has 0 saturated heterocycles. The molecule has 2 aromatic carbocycles. The van der Waals surface area contributed by atoms with Crippen LogP contribution < -0.4 is 19.5 Å². The summed E-state index contributed by atoms with van der Waals surface area (Å²) in [6, 6.07) is 8.80. The molecule has 0 aromatic heterocycles. The molecule has 0 aliphatic carbocycles. The van der Waals surface area contributed by atoms with Crippen molar-refractivity contribution in [3.63, 3.8) is 0 Å². The van der Waals surface area contributed by atoms with Gasteiger partial charge in [0.05, 0.1) is 26.3 Å². The van der Waals surface area contributed by atoms with Crippen molar-refractivity contribution in [2.75, 3.05) is 27.4 Å². The van der Waals surface area contributed by atoms with E-state index in [1.807, 2.05) is 12.1 Å². The van der Waals surface area contributed by atoms with Crippen molar-refractivity contribution in [1.29, 1.82) is 0 Å². The van der Waals surface area contributed by atoms with Gasteiger partial charge >= 0.3 is 6.18 Å². The maximum atomic E-state index is 12.8. The second-order valence-electron chi connectivity index (χ2n) is 6.12. The van der Waals surface area contributed by atoms with E-state index in [9.17, 15) is 13.2 Å². The van der Waals surface area contributed by atoms with Gasteiger partial charge in [0.1, 0.15) is 18.4 Å². The van der Waals surface area contributed by atoms with Crippen LogP contribution >= 0.6 is 0 Å². The number of alkyl halides is 3. The minimum absolute atomic E-state index is 0.0203. The van der Waals surface area contributed by atoms with Crippen LogP contribution in [0.25, 0.3) is 0 Å². The number of methoxy groups -OCH3 is 2. The number of hydrogen-bond donors (Lipinski definition) is 1. The summed E-state index contributed by atoms with van der Waals surface area (Å²) in [5, 5.41) is 2.13. The van der Waals surface area contributed by atoms with E-state index in [1.165, 1.54) is 12.1 Å². The normalized spacial score (nSPS) is 16.7. The van der Waals surface area contributed by atoms with Gasteiger partial charge < -0.3 is 19.5 Å². The Labute approximate surface area is 149 Å². The number of benzene rings is 2. The average Bonchev–Trinajstić information content (AvgIpc) is 2.64. The first kappa shape index (κ1) is 18.4. The Morgan fingerprint density at radius 1 is 1.08 bits per heavy atom. The number of hydrogen-bond acceptors (Lipinski definition) is 3. The number of halogens is 3. The van der Waals surface area contributed by atoms with Crippen molar-refractivity contribution < 1.29 is 32.7 Å². The molecule has 0 bridgehead atoms. The van der Waals surface area contributed by atoms with Crippen LogP contribution in [-0.4, -0.2) is 27.4 Å². The lowest BCUT2D eigenvalue weighted by Crippen LogP contribution is -2.88. The number of quaternary nitrogens is 1. The molecule has 1 aliphatic heterocycles. The fourth-order valence-electron chi connectivity index (χ4n) is 3.17. The Morgan fingerprint density at radius 3 is 2.50 bits per heavy atom. The predicted octanol–water partition coefficient (Wildman–Crippen LogP) is 2.96. The highest BCUT2D eigenvalue weighted by atomic mass is 19.4. The van der Waals surface area contributed by atoms with Gasteiger partial charge in [0.15, 0.2) is 11.5 Å². The summed E-state index contributed by atoms with van der Waals surface area (Å²) in [5.41, 5.74) is 1.48. The van der Waals surface area contributed by atoms with Crippen molar-refractivity contribution >= 4 is 0 Å². The van der Waals surface area contributed by atoms with Gasteiger partial charge in [-0.3, -0.25) is 0 Å². The average molecular weight is 368 g/mol. The Hall–Kier alpha value is -2.41. The first-order chi connectivity index (χ1) is 12.4. The van der Waals surface area contributed by atoms with Crippen LogP contribution in [-0.2, 0) is 12.6 Å². The van der Waals surface area contributed by atoms with Gasteiger partial charge in [-0.2, -0.15) is 13.2 Å². The molecule has 1 heterocycles. The van der Waals surface area contributed by atoms with Crippen LogP contribution in [0.15, 0.2) is 36.4 Å². The van der Waals surface area contributed by atoms with Gasteiger partial charge in [0, 0.05) is 12.0 Å². The molecule has 1 atom stereocenters. The van der Waals surface area contributed by atoms with Gasteiger partial charge in [-0.05, 0) is 35.9 Å². The maximum absolute atomic E-state index is 12.8. The summed E-state index contributed by atoms with van der Waals surface area (Å²) in [5.74, 6) is 1.51. The predicted molar refractivity (Wildman–Crippen MR) is 89.7 cm³/mol. The van der Waals surface area contributed by atoms with Gasteiger partial charge in [0.2, 0.25) is 0 Å². The Balaban J connectivity index is 1.79. The molecular weight excluding hydrogens is 347 g/mol. The molecule has 2 N–H and O–H groups in total. The van der Waals surface area contributed by atoms with Crippen molar-refractivity contribution in [1.82, 2.24) is 0 Å². The van der Waals surface area contributed by atoms with Crippen LogP contribution in [0.4, 0.5) is 13.2 Å². The van der Waals surface area contributed by atoms with Gasteiger partial charge in [-0.15, -0.1) is 0 Å². The van der Waals surface area contributed by atoms with Crippen LogP contribution in [0.1, 0.15) is 22.7 Å². The van der Waals surface area contributed by atoms with E-state index in [0.717, 1.165) is 36.2 Å². The van der Waals surface area contributed by atoms with Gasteiger partial charge in [0.25, 0.3) is 0 Å². The lowest BCUT2D eigenvalue weighted by molar-refractivity contribution is -0.700. The highest BCUT2D eigenvalue weighted by Crippen LogP contribution is 2.34. The lowest BCUT2D eigenvalue weighted by atomic mass is 9.94. The third kappa shape index (κ3) is 3.88. The minimum atomic E-state index is -4.38. The van der Waals surface area contributed by atoms with E-state index in [4.69, 9.17) is 14.2 Å². The Bertz CT molecular complexity index is 777. The summed E-state index contributed by atoms with van der Waals surface area (Å²) in [4.78, 5) is 0. The molecule has 3 rings (SSSR count).